The first-order chi connectivity index (χ1) is 18.5. The van der Waals surface area contributed by atoms with Crippen LogP contribution in [0.3, 0.4) is 0 Å². The van der Waals surface area contributed by atoms with Crippen molar-refractivity contribution < 1.29 is 22.6 Å². The van der Waals surface area contributed by atoms with Crippen molar-refractivity contribution in [2.75, 3.05) is 13.2 Å². The molecule has 0 heterocycles. The first-order valence-corrected chi connectivity index (χ1v) is 14.1. The fourth-order valence-corrected chi connectivity index (χ4v) is 5.27. The Hall–Kier alpha value is -2.95. The third kappa shape index (κ3) is 7.33. The van der Waals surface area contributed by atoms with Gasteiger partial charge in [0.25, 0.3) is 0 Å². The van der Waals surface area contributed by atoms with Crippen LogP contribution in [0.4, 0.5) is 13.2 Å². The summed E-state index contributed by atoms with van der Waals surface area (Å²) in [5.41, 5.74) is 2.49. The van der Waals surface area contributed by atoms with Crippen molar-refractivity contribution in [1.29, 1.82) is 0 Å². The molecule has 1 aliphatic rings. The van der Waals surface area contributed by atoms with E-state index in [-0.39, 0.29) is 17.6 Å². The van der Waals surface area contributed by atoms with Gasteiger partial charge in [-0.25, -0.2) is 13.2 Å². The molecule has 3 aromatic rings. The fourth-order valence-electron chi connectivity index (χ4n) is 5.27. The summed E-state index contributed by atoms with van der Waals surface area (Å²) in [6, 6.07) is 15.6. The molecule has 0 N–H and O–H groups in total. The van der Waals surface area contributed by atoms with E-state index in [1.165, 1.54) is 25.3 Å². The maximum Gasteiger partial charge on any atom is 0.168 e. The van der Waals surface area contributed by atoms with Gasteiger partial charge < -0.3 is 9.47 Å². The number of ether oxygens (including phenoxy) is 2. The predicted molar refractivity (Wildman–Crippen MR) is 147 cm³/mol. The summed E-state index contributed by atoms with van der Waals surface area (Å²) in [6.45, 7) is 5.14. The first-order valence-electron chi connectivity index (χ1n) is 14.1. The third-order valence-electron chi connectivity index (χ3n) is 7.66. The smallest absolute Gasteiger partial charge is 0.168 e. The summed E-state index contributed by atoms with van der Waals surface area (Å²) >= 11 is 0. The second kappa shape index (κ2) is 13.7. The highest BCUT2D eigenvalue weighted by molar-refractivity contribution is 5.65. The average molecular weight is 525 g/mol. The van der Waals surface area contributed by atoms with Crippen molar-refractivity contribution in [3.05, 3.63) is 83.2 Å². The van der Waals surface area contributed by atoms with Gasteiger partial charge in [0.15, 0.2) is 23.2 Å². The zero-order valence-electron chi connectivity index (χ0n) is 22.6. The standard InChI is InChI=1S/C33H39F3O2/c1-3-4-5-6-7-20-37-27-16-19-31(30(34)21-27)38-22-24-10-14-26(15-11-24)29-18-17-28(32(35)33(29)36)25-12-8-23(2)9-13-25/h8-9,12-13,16-19,21,24,26H,3-7,10-11,14-15,20,22H2,1-2H3. The Morgan fingerprint density at radius 2 is 1.50 bits per heavy atom. The molecule has 0 atom stereocenters. The SMILES string of the molecule is CCCCCCCOc1ccc(OCC2CCC(c3ccc(-c4ccc(C)cc4)c(F)c3F)CC2)c(F)c1. The van der Waals surface area contributed by atoms with Crippen molar-refractivity contribution in [3.63, 3.8) is 0 Å². The quantitative estimate of drug-likeness (QED) is 0.220. The summed E-state index contributed by atoms with van der Waals surface area (Å²) < 4.78 is 56.0. The third-order valence-corrected chi connectivity index (χ3v) is 7.66. The molecule has 38 heavy (non-hydrogen) atoms. The number of unbranched alkanes of at least 4 members (excludes halogenated alkanes) is 4. The number of halogens is 3. The first kappa shape index (κ1) is 28.1. The molecule has 0 unspecified atom stereocenters. The molecule has 1 saturated carbocycles. The Kier molecular flexibility index (Phi) is 10.1. The maximum absolute atomic E-state index is 15.1. The van der Waals surface area contributed by atoms with Crippen molar-refractivity contribution in [3.8, 4) is 22.6 Å². The lowest BCUT2D eigenvalue weighted by Crippen LogP contribution is -2.20. The van der Waals surface area contributed by atoms with Crippen LogP contribution in [0.15, 0.2) is 54.6 Å². The molecule has 0 aromatic heterocycles. The second-order valence-electron chi connectivity index (χ2n) is 10.6. The lowest BCUT2D eigenvalue weighted by atomic mass is 9.78. The molecule has 1 aliphatic carbocycles. The van der Waals surface area contributed by atoms with Crippen LogP contribution in [0.25, 0.3) is 11.1 Å². The molecular weight excluding hydrogens is 485 g/mol. The molecule has 4 rings (SSSR count). The number of benzene rings is 3. The summed E-state index contributed by atoms with van der Waals surface area (Å²) in [7, 11) is 0. The van der Waals surface area contributed by atoms with Gasteiger partial charge in [-0.1, -0.05) is 74.6 Å². The van der Waals surface area contributed by atoms with E-state index >= 15 is 4.39 Å². The van der Waals surface area contributed by atoms with E-state index in [0.717, 1.165) is 44.1 Å². The predicted octanol–water partition coefficient (Wildman–Crippen LogP) is 9.78. The van der Waals surface area contributed by atoms with E-state index in [1.807, 2.05) is 31.2 Å². The minimum absolute atomic E-state index is 0.0250. The lowest BCUT2D eigenvalue weighted by molar-refractivity contribution is 0.193. The number of rotatable bonds is 12. The van der Waals surface area contributed by atoms with Gasteiger partial charge in [0.1, 0.15) is 5.75 Å². The Morgan fingerprint density at radius 3 is 2.21 bits per heavy atom. The number of aryl methyl sites for hydroxylation is 1. The van der Waals surface area contributed by atoms with Gasteiger partial charge in [0, 0.05) is 11.6 Å². The van der Waals surface area contributed by atoms with Crippen molar-refractivity contribution in [1.82, 2.24) is 0 Å². The lowest BCUT2D eigenvalue weighted by Gasteiger charge is -2.29. The van der Waals surface area contributed by atoms with E-state index in [1.54, 1.807) is 24.3 Å². The molecular formula is C33H39F3O2. The number of hydrogen-bond acceptors (Lipinski definition) is 2. The zero-order valence-corrected chi connectivity index (χ0v) is 22.6. The van der Waals surface area contributed by atoms with E-state index in [0.29, 0.717) is 35.7 Å². The Labute approximate surface area is 225 Å². The monoisotopic (exact) mass is 524 g/mol. The molecule has 5 heteroatoms. The van der Waals surface area contributed by atoms with Crippen LogP contribution in [0.1, 0.15) is 81.8 Å². The minimum atomic E-state index is -0.781. The van der Waals surface area contributed by atoms with Crippen LogP contribution in [-0.2, 0) is 0 Å². The summed E-state index contributed by atoms with van der Waals surface area (Å²) in [5, 5.41) is 0. The molecule has 0 radical (unpaired) electrons. The van der Waals surface area contributed by atoms with Crippen LogP contribution in [0.5, 0.6) is 11.5 Å². The van der Waals surface area contributed by atoms with Gasteiger partial charge in [-0.3, -0.25) is 0 Å². The van der Waals surface area contributed by atoms with Crippen LogP contribution < -0.4 is 9.47 Å². The molecule has 2 nitrogen and oxygen atoms in total. The highest BCUT2D eigenvalue weighted by Crippen LogP contribution is 2.39. The van der Waals surface area contributed by atoms with Gasteiger partial charge in [-0.15, -0.1) is 0 Å². The van der Waals surface area contributed by atoms with Gasteiger partial charge >= 0.3 is 0 Å². The van der Waals surface area contributed by atoms with Gasteiger partial charge in [-0.2, -0.15) is 0 Å². The molecule has 1 fully saturated rings. The van der Waals surface area contributed by atoms with Crippen molar-refractivity contribution in [2.24, 2.45) is 5.92 Å². The Morgan fingerprint density at radius 1 is 0.763 bits per heavy atom. The van der Waals surface area contributed by atoms with Gasteiger partial charge in [-0.05, 0) is 74.1 Å². The normalized spacial score (nSPS) is 17.4. The van der Waals surface area contributed by atoms with E-state index in [4.69, 9.17) is 9.47 Å². The summed E-state index contributed by atoms with van der Waals surface area (Å²) in [4.78, 5) is 0. The highest BCUT2D eigenvalue weighted by Gasteiger charge is 2.27. The Balaban J connectivity index is 1.25. The van der Waals surface area contributed by atoms with Crippen LogP contribution in [-0.4, -0.2) is 13.2 Å². The van der Waals surface area contributed by atoms with Crippen LogP contribution >= 0.6 is 0 Å². The largest absolute Gasteiger partial charge is 0.493 e. The summed E-state index contributed by atoms with van der Waals surface area (Å²) in [6.07, 6.45) is 8.89. The van der Waals surface area contributed by atoms with E-state index in [2.05, 4.69) is 6.92 Å². The molecule has 3 aromatic carbocycles. The van der Waals surface area contributed by atoms with E-state index < -0.39 is 17.5 Å². The highest BCUT2D eigenvalue weighted by atomic mass is 19.2. The van der Waals surface area contributed by atoms with E-state index in [9.17, 15) is 8.78 Å². The Bertz CT molecular complexity index is 1170. The van der Waals surface area contributed by atoms with Crippen molar-refractivity contribution in [2.45, 2.75) is 77.6 Å². The van der Waals surface area contributed by atoms with Gasteiger partial charge in [0.2, 0.25) is 0 Å². The molecule has 0 spiro atoms. The molecule has 0 amide bonds. The second-order valence-corrected chi connectivity index (χ2v) is 10.6. The topological polar surface area (TPSA) is 18.5 Å². The maximum atomic E-state index is 15.1. The molecule has 204 valence electrons. The van der Waals surface area contributed by atoms with Crippen molar-refractivity contribution >= 4 is 0 Å². The molecule has 0 saturated heterocycles. The van der Waals surface area contributed by atoms with Crippen LogP contribution in [0, 0.1) is 30.3 Å². The summed E-state index contributed by atoms with van der Waals surface area (Å²) in [5.74, 6) is -0.971. The zero-order chi connectivity index (χ0) is 26.9. The number of hydrogen-bond donors (Lipinski definition) is 0. The minimum Gasteiger partial charge on any atom is -0.493 e. The molecule has 0 aliphatic heterocycles. The fraction of sp³-hybridized carbons (Fsp3) is 0.455. The van der Waals surface area contributed by atoms with Crippen LogP contribution in [0.2, 0.25) is 0 Å². The molecule has 0 bridgehead atoms. The average Bonchev–Trinajstić information content (AvgIpc) is 2.93. The van der Waals surface area contributed by atoms with Gasteiger partial charge in [0.05, 0.1) is 13.2 Å².